The molecule has 0 saturated heterocycles. The Bertz CT molecular complexity index is 905. The third-order valence-corrected chi connectivity index (χ3v) is 4.28. The van der Waals surface area contributed by atoms with E-state index < -0.39 is 0 Å². The van der Waals surface area contributed by atoms with Crippen LogP contribution in [0.4, 0.5) is 4.39 Å². The first-order valence-electron chi connectivity index (χ1n) is 8.04. The summed E-state index contributed by atoms with van der Waals surface area (Å²) >= 11 is 0. The van der Waals surface area contributed by atoms with Crippen LogP contribution in [0, 0.1) is 5.82 Å². The number of ether oxygens (including phenoxy) is 1. The van der Waals surface area contributed by atoms with Crippen molar-refractivity contribution >= 4 is 5.91 Å². The average Bonchev–Trinajstić information content (AvgIpc) is 3.12. The lowest BCUT2D eigenvalue weighted by Gasteiger charge is -2.26. The molecule has 1 aliphatic rings. The zero-order chi connectivity index (χ0) is 17.2. The minimum Gasteiger partial charge on any atom is -0.493 e. The summed E-state index contributed by atoms with van der Waals surface area (Å²) in [7, 11) is 0. The van der Waals surface area contributed by atoms with Gasteiger partial charge in [-0.25, -0.2) is 4.39 Å². The Morgan fingerprint density at radius 3 is 2.84 bits per heavy atom. The molecule has 1 atom stereocenters. The number of benzene rings is 2. The van der Waals surface area contributed by atoms with Gasteiger partial charge in [0.15, 0.2) is 0 Å². The van der Waals surface area contributed by atoms with Gasteiger partial charge >= 0.3 is 0 Å². The van der Waals surface area contributed by atoms with Gasteiger partial charge in [-0.2, -0.15) is 5.10 Å². The second-order valence-corrected chi connectivity index (χ2v) is 5.87. The lowest BCUT2D eigenvalue weighted by molar-refractivity contribution is 0.0925. The molecule has 4 rings (SSSR count). The summed E-state index contributed by atoms with van der Waals surface area (Å²) in [5.41, 5.74) is 2.67. The highest BCUT2D eigenvalue weighted by Gasteiger charge is 2.24. The van der Waals surface area contributed by atoms with Gasteiger partial charge in [0.05, 0.1) is 30.1 Å². The van der Waals surface area contributed by atoms with E-state index >= 15 is 0 Å². The number of halogens is 1. The van der Waals surface area contributed by atoms with Crippen molar-refractivity contribution in [1.29, 1.82) is 0 Å². The molecule has 2 aromatic carbocycles. The number of rotatable bonds is 3. The molecule has 25 heavy (non-hydrogen) atoms. The van der Waals surface area contributed by atoms with Crippen molar-refractivity contribution in [2.75, 3.05) is 6.61 Å². The molecule has 0 spiro atoms. The van der Waals surface area contributed by atoms with Crippen LogP contribution in [0.3, 0.4) is 0 Å². The summed E-state index contributed by atoms with van der Waals surface area (Å²) in [6.45, 7) is 0.554. The first-order valence-corrected chi connectivity index (χ1v) is 8.04. The van der Waals surface area contributed by atoms with E-state index in [2.05, 4.69) is 15.5 Å². The Morgan fingerprint density at radius 2 is 2.00 bits per heavy atom. The van der Waals surface area contributed by atoms with Gasteiger partial charge in [-0.05, 0) is 30.3 Å². The van der Waals surface area contributed by atoms with E-state index in [0.717, 1.165) is 11.3 Å². The van der Waals surface area contributed by atoms with E-state index in [0.29, 0.717) is 29.8 Å². The van der Waals surface area contributed by atoms with Gasteiger partial charge in [-0.3, -0.25) is 9.89 Å². The van der Waals surface area contributed by atoms with Crippen LogP contribution in [0.2, 0.25) is 0 Å². The number of aromatic nitrogens is 2. The maximum Gasteiger partial charge on any atom is 0.255 e. The largest absolute Gasteiger partial charge is 0.493 e. The van der Waals surface area contributed by atoms with E-state index in [1.807, 2.05) is 24.3 Å². The second-order valence-electron chi connectivity index (χ2n) is 5.87. The summed E-state index contributed by atoms with van der Waals surface area (Å²) < 4.78 is 18.7. The maximum absolute atomic E-state index is 13.1. The fraction of sp³-hybridized carbons (Fsp3) is 0.158. The summed E-state index contributed by atoms with van der Waals surface area (Å²) in [4.78, 5) is 12.8. The number of nitrogens with one attached hydrogen (secondary N) is 2. The highest BCUT2D eigenvalue weighted by Crippen LogP contribution is 2.32. The third kappa shape index (κ3) is 2.98. The molecule has 0 unspecified atom stereocenters. The van der Waals surface area contributed by atoms with Crippen LogP contribution in [0.5, 0.6) is 5.75 Å². The zero-order valence-corrected chi connectivity index (χ0v) is 13.3. The van der Waals surface area contributed by atoms with Crippen molar-refractivity contribution in [2.24, 2.45) is 0 Å². The van der Waals surface area contributed by atoms with E-state index in [9.17, 15) is 9.18 Å². The molecule has 0 saturated carbocycles. The Kier molecular flexibility index (Phi) is 3.93. The van der Waals surface area contributed by atoms with Crippen LogP contribution in [-0.4, -0.2) is 22.7 Å². The van der Waals surface area contributed by atoms with Crippen molar-refractivity contribution in [1.82, 2.24) is 15.5 Å². The Morgan fingerprint density at radius 1 is 1.20 bits per heavy atom. The Hall–Kier alpha value is -3.15. The van der Waals surface area contributed by atoms with Gasteiger partial charge in [0.25, 0.3) is 5.91 Å². The highest BCUT2D eigenvalue weighted by atomic mass is 19.1. The number of carbonyl (C=O) groups is 1. The number of amides is 1. The summed E-state index contributed by atoms with van der Waals surface area (Å²) in [6, 6.07) is 13.5. The van der Waals surface area contributed by atoms with E-state index in [1.54, 1.807) is 12.1 Å². The van der Waals surface area contributed by atoms with Crippen LogP contribution in [-0.2, 0) is 0 Å². The molecule has 0 fully saturated rings. The first kappa shape index (κ1) is 15.4. The van der Waals surface area contributed by atoms with Crippen molar-refractivity contribution in [2.45, 2.75) is 12.5 Å². The summed E-state index contributed by atoms with van der Waals surface area (Å²) in [6.07, 6.45) is 2.19. The predicted octanol–water partition coefficient (Wildman–Crippen LogP) is 3.47. The minimum atomic E-state index is -0.326. The van der Waals surface area contributed by atoms with Gasteiger partial charge in [-0.1, -0.05) is 18.2 Å². The topological polar surface area (TPSA) is 67.0 Å². The monoisotopic (exact) mass is 337 g/mol. The number of fused-ring (bicyclic) bond motifs is 1. The van der Waals surface area contributed by atoms with Crippen molar-refractivity contribution in [3.05, 3.63) is 71.7 Å². The summed E-state index contributed by atoms with van der Waals surface area (Å²) in [5, 5.41) is 9.84. The zero-order valence-electron chi connectivity index (χ0n) is 13.3. The first-order chi connectivity index (χ1) is 12.2. The average molecular weight is 337 g/mol. The lowest BCUT2D eigenvalue weighted by atomic mass is 10.00. The molecule has 2 heterocycles. The van der Waals surface area contributed by atoms with Crippen LogP contribution in [0.15, 0.2) is 54.7 Å². The molecule has 1 amide bonds. The molecule has 2 N–H and O–H groups in total. The number of nitrogens with zero attached hydrogens (tertiary/aromatic N) is 1. The summed E-state index contributed by atoms with van der Waals surface area (Å²) in [5.74, 6) is 0.243. The van der Waals surface area contributed by atoms with Crippen molar-refractivity contribution < 1.29 is 13.9 Å². The molecule has 0 bridgehead atoms. The number of hydrogen-bond donors (Lipinski definition) is 2. The van der Waals surface area contributed by atoms with Gasteiger partial charge < -0.3 is 10.1 Å². The smallest absolute Gasteiger partial charge is 0.255 e. The van der Waals surface area contributed by atoms with Crippen molar-refractivity contribution in [3.63, 3.8) is 0 Å². The fourth-order valence-corrected chi connectivity index (χ4v) is 3.02. The minimum absolute atomic E-state index is 0.117. The number of carbonyl (C=O) groups excluding carboxylic acids is 1. The van der Waals surface area contributed by atoms with Gasteiger partial charge in [0.2, 0.25) is 0 Å². The molecule has 1 aromatic heterocycles. The Balaban J connectivity index is 1.59. The van der Waals surface area contributed by atoms with E-state index in [1.165, 1.54) is 18.3 Å². The molecule has 0 aliphatic carbocycles. The standard InChI is InChI=1S/C19H16FN3O2/c20-13-7-5-12(6-8-13)18-15(11-21-23-18)19(24)22-16-9-10-25-17-4-2-1-3-14(16)17/h1-8,11,16H,9-10H2,(H,21,23)(H,22,24)/t16-/m1/s1. The molecule has 126 valence electrons. The van der Waals surface area contributed by atoms with Crippen LogP contribution < -0.4 is 10.1 Å². The molecular formula is C19H16FN3O2. The van der Waals surface area contributed by atoms with Gasteiger partial charge in [0, 0.05) is 17.5 Å². The third-order valence-electron chi connectivity index (χ3n) is 4.28. The molecule has 6 heteroatoms. The normalized spacial score (nSPS) is 16.0. The number of hydrogen-bond acceptors (Lipinski definition) is 3. The number of aromatic amines is 1. The quantitative estimate of drug-likeness (QED) is 0.769. The molecule has 0 radical (unpaired) electrons. The number of H-pyrrole nitrogens is 1. The van der Waals surface area contributed by atoms with E-state index in [-0.39, 0.29) is 17.8 Å². The maximum atomic E-state index is 13.1. The lowest BCUT2D eigenvalue weighted by Crippen LogP contribution is -2.32. The number of para-hydroxylation sites is 1. The predicted molar refractivity (Wildman–Crippen MR) is 90.7 cm³/mol. The van der Waals surface area contributed by atoms with Gasteiger partial charge in [-0.15, -0.1) is 0 Å². The fourth-order valence-electron chi connectivity index (χ4n) is 3.02. The SMILES string of the molecule is O=C(N[C@@H]1CCOc2ccccc21)c1cn[nH]c1-c1ccc(F)cc1. The molecular weight excluding hydrogens is 321 g/mol. The van der Waals surface area contributed by atoms with Crippen molar-refractivity contribution in [3.8, 4) is 17.0 Å². The van der Waals surface area contributed by atoms with Crippen LogP contribution >= 0.6 is 0 Å². The second kappa shape index (κ2) is 6.39. The van der Waals surface area contributed by atoms with E-state index in [4.69, 9.17) is 4.74 Å². The van der Waals surface area contributed by atoms with Gasteiger partial charge in [0.1, 0.15) is 11.6 Å². The highest BCUT2D eigenvalue weighted by molar-refractivity contribution is 6.00. The molecule has 3 aromatic rings. The Labute approximate surface area is 143 Å². The van der Waals surface area contributed by atoms with Crippen LogP contribution in [0.1, 0.15) is 28.4 Å². The molecule has 1 aliphatic heterocycles. The van der Waals surface area contributed by atoms with Crippen LogP contribution in [0.25, 0.3) is 11.3 Å². The molecule has 5 nitrogen and oxygen atoms in total.